The molecule has 3 rings (SSSR count). The van der Waals surface area contributed by atoms with Crippen LogP contribution in [-0.4, -0.2) is 0 Å². The summed E-state index contributed by atoms with van der Waals surface area (Å²) in [4.78, 5) is 0. The Balaban J connectivity index is 1.97. The lowest BCUT2D eigenvalue weighted by Gasteiger charge is -2.36. The molecule has 0 aromatic heterocycles. The van der Waals surface area contributed by atoms with E-state index < -0.39 is 0 Å². The Morgan fingerprint density at radius 2 is 0.769 bits per heavy atom. The van der Waals surface area contributed by atoms with E-state index in [2.05, 4.69) is 62.4 Å². The average molecular weight is 349 g/mol. The topological polar surface area (TPSA) is 0 Å². The maximum Gasteiger partial charge on any atom is 0.0202 e. The Bertz CT molecular complexity index is 588. The minimum absolute atomic E-state index is 0.195. The monoisotopic (exact) mass is 348 g/mol. The molecular formula is C26H36. The van der Waals surface area contributed by atoms with Crippen LogP contribution in [0, 0.1) is 13.8 Å². The lowest BCUT2D eigenvalue weighted by molar-refractivity contribution is 0.383. The summed E-state index contributed by atoms with van der Waals surface area (Å²) in [5.74, 6) is 0. The molecule has 26 heavy (non-hydrogen) atoms. The molecule has 0 saturated heterocycles. The van der Waals surface area contributed by atoms with Crippen LogP contribution >= 0.6 is 0 Å². The summed E-state index contributed by atoms with van der Waals surface area (Å²) >= 11 is 0. The van der Waals surface area contributed by atoms with Gasteiger partial charge < -0.3 is 0 Å². The van der Waals surface area contributed by atoms with Crippen LogP contribution in [0.4, 0.5) is 0 Å². The zero-order valence-electron chi connectivity index (χ0n) is 16.9. The highest BCUT2D eigenvalue weighted by atomic mass is 14.4. The first kappa shape index (κ1) is 19.2. The molecule has 0 heteroatoms. The largest absolute Gasteiger partial charge is 0.0590 e. The third-order valence-corrected chi connectivity index (χ3v) is 6.42. The van der Waals surface area contributed by atoms with Crippen LogP contribution in [0.25, 0.3) is 0 Å². The Morgan fingerprint density at radius 1 is 0.462 bits per heavy atom. The van der Waals surface area contributed by atoms with Crippen LogP contribution < -0.4 is 0 Å². The summed E-state index contributed by atoms with van der Waals surface area (Å²) < 4.78 is 0. The van der Waals surface area contributed by atoms with Crippen LogP contribution in [-0.2, 0) is 5.41 Å². The smallest absolute Gasteiger partial charge is 0.0202 e. The molecule has 2 aromatic carbocycles. The highest BCUT2D eigenvalue weighted by molar-refractivity contribution is 5.41. The molecule has 0 amide bonds. The van der Waals surface area contributed by atoms with Gasteiger partial charge in [0.05, 0.1) is 0 Å². The normalized spacial score (nSPS) is 19.3. The van der Waals surface area contributed by atoms with Crippen LogP contribution in [0.5, 0.6) is 0 Å². The molecule has 0 unspecified atom stereocenters. The van der Waals surface area contributed by atoms with Crippen LogP contribution in [0.15, 0.2) is 48.5 Å². The number of aryl methyl sites for hydroxylation is 2. The summed E-state index contributed by atoms with van der Waals surface area (Å²) in [5, 5.41) is 0. The SMILES string of the molecule is Cc1ccc(C2(c3ccc(C)cc3)CCCCCCCCCCC2)cc1. The van der Waals surface area contributed by atoms with Gasteiger partial charge in [-0.2, -0.15) is 0 Å². The van der Waals surface area contributed by atoms with E-state index in [1.807, 2.05) is 0 Å². The molecule has 0 N–H and O–H groups in total. The predicted octanol–water partition coefficient (Wildman–Crippen LogP) is 7.89. The van der Waals surface area contributed by atoms with Gasteiger partial charge in [0.2, 0.25) is 0 Å². The summed E-state index contributed by atoms with van der Waals surface area (Å²) in [5.41, 5.74) is 5.98. The molecule has 1 saturated carbocycles. The Labute approximate surface area is 161 Å². The first-order valence-electron chi connectivity index (χ1n) is 10.8. The van der Waals surface area contributed by atoms with E-state index >= 15 is 0 Å². The standard InChI is InChI=1S/C26H36/c1-22-12-16-24(17-13-22)26(25-18-14-23(2)15-19-25)20-10-8-6-4-3-5-7-9-11-21-26/h12-19H,3-11,20-21H2,1-2H3. The van der Waals surface area contributed by atoms with Gasteiger partial charge in [-0.05, 0) is 37.8 Å². The van der Waals surface area contributed by atoms with E-state index in [0.29, 0.717) is 0 Å². The molecule has 0 aliphatic heterocycles. The molecule has 1 aliphatic carbocycles. The van der Waals surface area contributed by atoms with E-state index in [4.69, 9.17) is 0 Å². The van der Waals surface area contributed by atoms with E-state index in [-0.39, 0.29) is 5.41 Å². The van der Waals surface area contributed by atoms with Crippen molar-refractivity contribution in [3.8, 4) is 0 Å². The quantitative estimate of drug-likeness (QED) is 0.517. The molecule has 2 aromatic rings. The molecule has 0 spiro atoms. The Kier molecular flexibility index (Phi) is 6.94. The molecule has 1 aliphatic rings. The van der Waals surface area contributed by atoms with Crippen molar-refractivity contribution in [2.75, 3.05) is 0 Å². The fourth-order valence-electron chi connectivity index (χ4n) is 4.71. The van der Waals surface area contributed by atoms with Crippen molar-refractivity contribution in [3.63, 3.8) is 0 Å². The molecule has 0 nitrogen and oxygen atoms in total. The number of hydrogen-bond donors (Lipinski definition) is 0. The molecule has 140 valence electrons. The molecule has 1 fully saturated rings. The minimum atomic E-state index is 0.195. The third kappa shape index (κ3) is 4.78. The highest BCUT2D eigenvalue weighted by Crippen LogP contribution is 2.42. The van der Waals surface area contributed by atoms with Gasteiger partial charge in [0.15, 0.2) is 0 Å². The lowest BCUT2D eigenvalue weighted by atomic mass is 9.67. The maximum absolute atomic E-state index is 2.40. The summed E-state index contributed by atoms with van der Waals surface area (Å²) in [7, 11) is 0. The van der Waals surface area contributed by atoms with Gasteiger partial charge in [-0.25, -0.2) is 0 Å². The molecule has 0 bridgehead atoms. The summed E-state index contributed by atoms with van der Waals surface area (Å²) in [6, 6.07) is 18.8. The maximum atomic E-state index is 2.40. The van der Waals surface area contributed by atoms with Crippen molar-refractivity contribution in [2.45, 2.75) is 89.9 Å². The van der Waals surface area contributed by atoms with E-state index in [1.54, 1.807) is 0 Å². The molecule has 0 radical (unpaired) electrons. The molecular weight excluding hydrogens is 312 g/mol. The first-order valence-corrected chi connectivity index (χ1v) is 10.8. The van der Waals surface area contributed by atoms with Crippen molar-refractivity contribution in [2.24, 2.45) is 0 Å². The molecule has 0 heterocycles. The Morgan fingerprint density at radius 3 is 1.12 bits per heavy atom. The minimum Gasteiger partial charge on any atom is -0.0590 e. The van der Waals surface area contributed by atoms with E-state index in [1.165, 1.54) is 92.9 Å². The number of benzene rings is 2. The zero-order chi connectivity index (χ0) is 18.2. The first-order chi connectivity index (χ1) is 12.7. The van der Waals surface area contributed by atoms with Crippen molar-refractivity contribution >= 4 is 0 Å². The van der Waals surface area contributed by atoms with Gasteiger partial charge >= 0.3 is 0 Å². The van der Waals surface area contributed by atoms with Gasteiger partial charge in [-0.15, -0.1) is 0 Å². The van der Waals surface area contributed by atoms with E-state index in [9.17, 15) is 0 Å². The van der Waals surface area contributed by atoms with Crippen LogP contribution in [0.1, 0.15) is 92.9 Å². The highest BCUT2D eigenvalue weighted by Gasteiger charge is 2.33. The van der Waals surface area contributed by atoms with Crippen molar-refractivity contribution in [1.82, 2.24) is 0 Å². The van der Waals surface area contributed by atoms with Gasteiger partial charge in [0.25, 0.3) is 0 Å². The summed E-state index contributed by atoms with van der Waals surface area (Å²) in [6.07, 6.45) is 15.2. The van der Waals surface area contributed by atoms with E-state index in [0.717, 1.165) is 0 Å². The van der Waals surface area contributed by atoms with Crippen molar-refractivity contribution < 1.29 is 0 Å². The van der Waals surface area contributed by atoms with Gasteiger partial charge in [0, 0.05) is 5.41 Å². The van der Waals surface area contributed by atoms with Crippen LogP contribution in [0.3, 0.4) is 0 Å². The van der Waals surface area contributed by atoms with Gasteiger partial charge in [-0.1, -0.05) is 117 Å². The Hall–Kier alpha value is -1.56. The van der Waals surface area contributed by atoms with Crippen LogP contribution in [0.2, 0.25) is 0 Å². The fourth-order valence-corrected chi connectivity index (χ4v) is 4.71. The molecule has 0 atom stereocenters. The zero-order valence-corrected chi connectivity index (χ0v) is 16.9. The fraction of sp³-hybridized carbons (Fsp3) is 0.538. The average Bonchev–Trinajstić information content (AvgIpc) is 2.64. The number of rotatable bonds is 2. The number of hydrogen-bond acceptors (Lipinski definition) is 0. The van der Waals surface area contributed by atoms with Crippen molar-refractivity contribution in [3.05, 3.63) is 70.8 Å². The second kappa shape index (κ2) is 9.40. The van der Waals surface area contributed by atoms with Gasteiger partial charge in [0.1, 0.15) is 0 Å². The second-order valence-electron chi connectivity index (χ2n) is 8.50. The van der Waals surface area contributed by atoms with Crippen molar-refractivity contribution in [1.29, 1.82) is 0 Å². The summed E-state index contributed by atoms with van der Waals surface area (Å²) in [6.45, 7) is 4.40. The lowest BCUT2D eigenvalue weighted by Crippen LogP contribution is -2.28. The predicted molar refractivity (Wildman–Crippen MR) is 114 cm³/mol. The van der Waals surface area contributed by atoms with Gasteiger partial charge in [-0.3, -0.25) is 0 Å². The second-order valence-corrected chi connectivity index (χ2v) is 8.50. The third-order valence-electron chi connectivity index (χ3n) is 6.42.